The molecule has 1 aliphatic rings. The van der Waals surface area contributed by atoms with E-state index in [-0.39, 0.29) is 22.8 Å². The van der Waals surface area contributed by atoms with Crippen molar-refractivity contribution in [3.8, 4) is 0 Å². The summed E-state index contributed by atoms with van der Waals surface area (Å²) in [6.45, 7) is 0.367. The minimum Gasteiger partial charge on any atom is -0.351 e. The van der Waals surface area contributed by atoms with E-state index in [0.29, 0.717) is 10.9 Å². The molecule has 1 aliphatic heterocycles. The number of nitrogens with one attached hydrogen (secondary N) is 3. The molecule has 1 saturated heterocycles. The fourth-order valence-corrected chi connectivity index (χ4v) is 4.54. The second-order valence-corrected chi connectivity index (χ2v) is 8.88. The van der Waals surface area contributed by atoms with E-state index in [1.54, 1.807) is 24.3 Å². The van der Waals surface area contributed by atoms with E-state index in [1.807, 2.05) is 0 Å². The van der Waals surface area contributed by atoms with Crippen LogP contribution >= 0.6 is 11.6 Å². The van der Waals surface area contributed by atoms with Crippen LogP contribution in [0, 0.1) is 5.82 Å². The molecule has 10 nitrogen and oxygen atoms in total. The number of likely N-dealkylation sites (tertiary alicyclic amines) is 1. The zero-order valence-electron chi connectivity index (χ0n) is 19.5. The largest absolute Gasteiger partial charge is 0.351 e. The maximum atomic E-state index is 15.0. The Bertz CT molecular complexity index is 1400. The Morgan fingerprint density at radius 1 is 1.14 bits per heavy atom. The molecule has 5 N–H and O–H groups in total. The van der Waals surface area contributed by atoms with Gasteiger partial charge in [0, 0.05) is 30.6 Å². The molecular weight excluding hydrogens is 510 g/mol. The number of hydrogen-bond acceptors (Lipinski definition) is 4. The number of alkyl halides is 1. The standard InChI is InChI=1S/C24H23ClF2N6O4/c1-12(34)30-20-16(26)10-33(21(20)22(35)29-9-13-5-4-7-15(25)19(13)27)24(37)31-17-11-32(23(28)36)18-8-3-2-6-14(17)18/h2-8,11,16,20-21H,9-10H2,1H3,(H2,28,36)(H,29,35)(H,30,34)(H,31,37)/t16?,20-,21+/m1/s1. The van der Waals surface area contributed by atoms with Crippen molar-refractivity contribution in [2.45, 2.75) is 31.7 Å². The van der Waals surface area contributed by atoms with Crippen LogP contribution in [-0.2, 0) is 16.1 Å². The number of benzene rings is 2. The van der Waals surface area contributed by atoms with Crippen LogP contribution in [0.25, 0.3) is 10.9 Å². The van der Waals surface area contributed by atoms with E-state index < -0.39 is 54.5 Å². The first-order chi connectivity index (χ1) is 17.6. The van der Waals surface area contributed by atoms with Crippen molar-refractivity contribution >= 4 is 52.1 Å². The third-order valence-electron chi connectivity index (χ3n) is 6.01. The number of urea groups is 1. The first-order valence-corrected chi connectivity index (χ1v) is 11.6. The van der Waals surface area contributed by atoms with Gasteiger partial charge in [0.25, 0.3) is 0 Å². The number of fused-ring (bicyclic) bond motifs is 1. The molecule has 0 aliphatic carbocycles. The number of carbonyl (C=O) groups excluding carboxylic acids is 4. The molecule has 1 fully saturated rings. The summed E-state index contributed by atoms with van der Waals surface area (Å²) in [5.41, 5.74) is 6.14. The average molecular weight is 533 g/mol. The Kier molecular flexibility index (Phi) is 7.30. The van der Waals surface area contributed by atoms with Crippen LogP contribution in [0.3, 0.4) is 0 Å². The molecule has 2 heterocycles. The summed E-state index contributed by atoms with van der Waals surface area (Å²) in [5.74, 6) is -2.13. The van der Waals surface area contributed by atoms with Gasteiger partial charge in [0.15, 0.2) is 0 Å². The Hall–Kier alpha value is -4.19. The first-order valence-electron chi connectivity index (χ1n) is 11.2. The molecule has 0 saturated carbocycles. The van der Waals surface area contributed by atoms with Gasteiger partial charge in [-0.1, -0.05) is 41.9 Å². The number of primary amides is 1. The number of carbonyl (C=O) groups is 4. The predicted molar refractivity (Wildman–Crippen MR) is 132 cm³/mol. The van der Waals surface area contributed by atoms with Gasteiger partial charge in [0.05, 0.1) is 28.8 Å². The van der Waals surface area contributed by atoms with Gasteiger partial charge in [0.2, 0.25) is 11.8 Å². The molecule has 194 valence electrons. The number of aromatic nitrogens is 1. The lowest BCUT2D eigenvalue weighted by atomic mass is 10.1. The van der Waals surface area contributed by atoms with Crippen LogP contribution in [0.1, 0.15) is 12.5 Å². The fraction of sp³-hybridized carbons (Fsp3) is 0.250. The lowest BCUT2D eigenvalue weighted by molar-refractivity contribution is -0.126. The van der Waals surface area contributed by atoms with Gasteiger partial charge in [-0.05, 0) is 12.1 Å². The smallest absolute Gasteiger partial charge is 0.323 e. The Labute approximate surface area is 214 Å². The summed E-state index contributed by atoms with van der Waals surface area (Å²) in [5, 5.41) is 7.81. The normalized spacial score (nSPS) is 19.0. The summed E-state index contributed by atoms with van der Waals surface area (Å²) < 4.78 is 30.4. The molecule has 0 bridgehead atoms. The van der Waals surface area contributed by atoms with E-state index >= 15 is 0 Å². The van der Waals surface area contributed by atoms with E-state index in [9.17, 15) is 28.0 Å². The molecule has 3 atom stereocenters. The van der Waals surface area contributed by atoms with Crippen molar-refractivity contribution in [3.05, 3.63) is 65.1 Å². The fourth-order valence-electron chi connectivity index (χ4n) is 4.35. The third kappa shape index (κ3) is 5.19. The van der Waals surface area contributed by atoms with Crippen molar-refractivity contribution in [1.82, 2.24) is 20.1 Å². The number of rotatable bonds is 5. The molecule has 0 spiro atoms. The molecule has 1 aromatic heterocycles. The highest BCUT2D eigenvalue weighted by molar-refractivity contribution is 6.30. The highest BCUT2D eigenvalue weighted by Gasteiger charge is 2.49. The molecule has 0 radical (unpaired) electrons. The van der Waals surface area contributed by atoms with Gasteiger partial charge in [0.1, 0.15) is 18.0 Å². The lowest BCUT2D eigenvalue weighted by Crippen LogP contribution is -2.56. The van der Waals surface area contributed by atoms with E-state index in [2.05, 4.69) is 16.0 Å². The van der Waals surface area contributed by atoms with Crippen LogP contribution in [0.15, 0.2) is 48.7 Å². The van der Waals surface area contributed by atoms with Crippen LogP contribution < -0.4 is 21.7 Å². The van der Waals surface area contributed by atoms with Crippen LogP contribution in [-0.4, -0.2) is 58.1 Å². The molecule has 3 aromatic rings. The summed E-state index contributed by atoms with van der Waals surface area (Å²) in [6.07, 6.45) is -0.448. The van der Waals surface area contributed by atoms with Crippen molar-refractivity contribution in [2.24, 2.45) is 5.73 Å². The van der Waals surface area contributed by atoms with Crippen LogP contribution in [0.5, 0.6) is 0 Å². The SMILES string of the molecule is CC(=O)N[C@@H]1C(F)CN(C(=O)Nc2cn(C(N)=O)c3ccccc23)[C@@H]1C(=O)NCc1cccc(Cl)c1F. The van der Waals surface area contributed by atoms with Gasteiger partial charge >= 0.3 is 12.1 Å². The van der Waals surface area contributed by atoms with Gasteiger partial charge in [-0.2, -0.15) is 0 Å². The van der Waals surface area contributed by atoms with E-state index in [0.717, 1.165) is 16.4 Å². The minimum absolute atomic E-state index is 0.0852. The Morgan fingerprint density at radius 2 is 1.86 bits per heavy atom. The molecule has 1 unspecified atom stereocenters. The average Bonchev–Trinajstić information content (AvgIpc) is 3.37. The summed E-state index contributed by atoms with van der Waals surface area (Å²) in [6, 6.07) is 6.48. The Balaban J connectivity index is 1.60. The second kappa shape index (κ2) is 10.4. The maximum Gasteiger partial charge on any atom is 0.323 e. The van der Waals surface area contributed by atoms with Gasteiger partial charge < -0.3 is 26.6 Å². The van der Waals surface area contributed by atoms with Crippen molar-refractivity contribution in [2.75, 3.05) is 11.9 Å². The van der Waals surface area contributed by atoms with Crippen molar-refractivity contribution in [1.29, 1.82) is 0 Å². The highest BCUT2D eigenvalue weighted by atomic mass is 35.5. The number of halogens is 3. The van der Waals surface area contributed by atoms with E-state index in [1.165, 1.54) is 24.4 Å². The van der Waals surface area contributed by atoms with E-state index in [4.69, 9.17) is 17.3 Å². The second-order valence-electron chi connectivity index (χ2n) is 8.47. The molecule has 4 rings (SSSR count). The van der Waals surface area contributed by atoms with Crippen LogP contribution in [0.2, 0.25) is 5.02 Å². The molecule has 2 aromatic carbocycles. The van der Waals surface area contributed by atoms with Gasteiger partial charge in [-0.3, -0.25) is 14.2 Å². The zero-order valence-corrected chi connectivity index (χ0v) is 20.3. The van der Waals surface area contributed by atoms with Crippen molar-refractivity contribution < 1.29 is 28.0 Å². The quantitative estimate of drug-likeness (QED) is 0.401. The lowest BCUT2D eigenvalue weighted by Gasteiger charge is -2.27. The van der Waals surface area contributed by atoms with Crippen LogP contribution in [0.4, 0.5) is 24.1 Å². The minimum atomic E-state index is -1.76. The molecular formula is C24H23ClF2N6O4. The van der Waals surface area contributed by atoms with Gasteiger partial charge in [-0.15, -0.1) is 0 Å². The number of hydrogen-bond donors (Lipinski definition) is 4. The predicted octanol–water partition coefficient (Wildman–Crippen LogP) is 2.74. The summed E-state index contributed by atoms with van der Waals surface area (Å²) in [7, 11) is 0. The maximum absolute atomic E-state index is 15.0. The molecule has 37 heavy (non-hydrogen) atoms. The molecule has 13 heteroatoms. The van der Waals surface area contributed by atoms with Gasteiger partial charge in [-0.25, -0.2) is 18.4 Å². The number of nitrogens with zero attached hydrogens (tertiary/aromatic N) is 2. The number of para-hydroxylation sites is 1. The number of amides is 5. The summed E-state index contributed by atoms with van der Waals surface area (Å²) in [4.78, 5) is 50.9. The zero-order chi connectivity index (χ0) is 26.9. The first kappa shape index (κ1) is 25.9. The topological polar surface area (TPSA) is 139 Å². The highest BCUT2D eigenvalue weighted by Crippen LogP contribution is 2.28. The summed E-state index contributed by atoms with van der Waals surface area (Å²) >= 11 is 5.78. The third-order valence-corrected chi connectivity index (χ3v) is 6.30. The monoisotopic (exact) mass is 532 g/mol. The number of anilines is 1. The van der Waals surface area contributed by atoms with Crippen molar-refractivity contribution in [3.63, 3.8) is 0 Å². The number of nitrogens with two attached hydrogens (primary N) is 1. The Morgan fingerprint density at radius 3 is 2.57 bits per heavy atom. The molecule has 5 amide bonds.